The second-order valence-corrected chi connectivity index (χ2v) is 5.93. The maximum Gasteiger partial charge on any atom is 0.303 e. The van der Waals surface area contributed by atoms with Crippen LogP contribution < -0.4 is 5.32 Å². The third kappa shape index (κ3) is 4.30. The van der Waals surface area contributed by atoms with E-state index in [0.29, 0.717) is 39.0 Å². The van der Waals surface area contributed by atoms with Crippen molar-refractivity contribution in [3.05, 3.63) is 17.0 Å². The van der Waals surface area contributed by atoms with Crippen LogP contribution >= 0.6 is 0 Å². The van der Waals surface area contributed by atoms with Gasteiger partial charge in [0.2, 0.25) is 5.91 Å². The monoisotopic (exact) mass is 308 g/mol. The SMILES string of the molecule is Cc1[nH]nc(CCC(=O)N2CCNC[C@H](CC(=O)O)C2)c1C. The molecule has 0 aliphatic carbocycles. The van der Waals surface area contributed by atoms with Gasteiger partial charge in [0, 0.05) is 44.7 Å². The van der Waals surface area contributed by atoms with Gasteiger partial charge in [-0.1, -0.05) is 0 Å². The fraction of sp³-hybridized carbons (Fsp3) is 0.667. The van der Waals surface area contributed by atoms with Gasteiger partial charge in [0.05, 0.1) is 12.1 Å². The molecular formula is C15H24N4O3. The Morgan fingerprint density at radius 2 is 2.18 bits per heavy atom. The van der Waals surface area contributed by atoms with Gasteiger partial charge in [0.15, 0.2) is 0 Å². The second kappa shape index (κ2) is 7.40. The minimum atomic E-state index is -0.816. The number of hydrogen-bond donors (Lipinski definition) is 3. The van der Waals surface area contributed by atoms with Crippen molar-refractivity contribution in [2.75, 3.05) is 26.2 Å². The molecule has 1 aromatic heterocycles. The number of amides is 1. The molecule has 0 saturated carbocycles. The van der Waals surface area contributed by atoms with Gasteiger partial charge in [-0.05, 0) is 25.3 Å². The lowest BCUT2D eigenvalue weighted by Gasteiger charge is -2.23. The van der Waals surface area contributed by atoms with Gasteiger partial charge in [-0.3, -0.25) is 14.7 Å². The van der Waals surface area contributed by atoms with Crippen molar-refractivity contribution >= 4 is 11.9 Å². The summed E-state index contributed by atoms with van der Waals surface area (Å²) in [6.45, 7) is 6.46. The number of aromatic nitrogens is 2. The molecule has 0 aromatic carbocycles. The van der Waals surface area contributed by atoms with Crippen LogP contribution in [0.4, 0.5) is 0 Å². The summed E-state index contributed by atoms with van der Waals surface area (Å²) >= 11 is 0. The normalized spacial score (nSPS) is 19.0. The molecule has 0 spiro atoms. The quantitative estimate of drug-likeness (QED) is 0.735. The average molecular weight is 308 g/mol. The van der Waals surface area contributed by atoms with E-state index in [4.69, 9.17) is 5.11 Å². The molecule has 3 N–H and O–H groups in total. The Morgan fingerprint density at radius 3 is 2.82 bits per heavy atom. The Kier molecular flexibility index (Phi) is 5.54. The molecule has 1 aliphatic heterocycles. The number of H-pyrrole nitrogens is 1. The first-order chi connectivity index (χ1) is 10.5. The molecule has 1 fully saturated rings. The second-order valence-electron chi connectivity index (χ2n) is 5.93. The van der Waals surface area contributed by atoms with Crippen LogP contribution in [0.2, 0.25) is 0 Å². The Bertz CT molecular complexity index is 541. The van der Waals surface area contributed by atoms with Crippen LogP contribution in [0.25, 0.3) is 0 Å². The maximum absolute atomic E-state index is 12.4. The number of carbonyl (C=O) groups excluding carboxylic acids is 1. The summed E-state index contributed by atoms with van der Waals surface area (Å²) in [5.74, 6) is -0.777. The van der Waals surface area contributed by atoms with Gasteiger partial charge in [0.1, 0.15) is 0 Å². The largest absolute Gasteiger partial charge is 0.481 e. The number of aryl methyl sites for hydroxylation is 2. The summed E-state index contributed by atoms with van der Waals surface area (Å²) in [4.78, 5) is 25.0. The lowest BCUT2D eigenvalue weighted by Crippen LogP contribution is -2.36. The van der Waals surface area contributed by atoms with Crippen molar-refractivity contribution in [3.63, 3.8) is 0 Å². The molecule has 0 bridgehead atoms. The smallest absolute Gasteiger partial charge is 0.303 e. The number of nitrogens with zero attached hydrogens (tertiary/aromatic N) is 2. The molecular weight excluding hydrogens is 284 g/mol. The number of aromatic amines is 1. The van der Waals surface area contributed by atoms with E-state index in [2.05, 4.69) is 15.5 Å². The fourth-order valence-electron chi connectivity index (χ4n) is 2.76. The van der Waals surface area contributed by atoms with E-state index >= 15 is 0 Å². The minimum Gasteiger partial charge on any atom is -0.481 e. The zero-order chi connectivity index (χ0) is 16.1. The first-order valence-electron chi connectivity index (χ1n) is 7.68. The Labute approximate surface area is 130 Å². The van der Waals surface area contributed by atoms with Gasteiger partial charge in [-0.2, -0.15) is 5.10 Å². The number of nitrogens with one attached hydrogen (secondary N) is 2. The number of carboxylic acids is 1. The van der Waals surface area contributed by atoms with E-state index in [1.807, 2.05) is 13.8 Å². The summed E-state index contributed by atoms with van der Waals surface area (Å²) in [5, 5.41) is 19.3. The van der Waals surface area contributed by atoms with Gasteiger partial charge in [-0.25, -0.2) is 0 Å². The number of carbonyl (C=O) groups is 2. The van der Waals surface area contributed by atoms with Crippen LogP contribution in [0.1, 0.15) is 29.8 Å². The zero-order valence-electron chi connectivity index (χ0n) is 13.2. The van der Waals surface area contributed by atoms with E-state index in [-0.39, 0.29) is 18.2 Å². The highest BCUT2D eigenvalue weighted by atomic mass is 16.4. The predicted molar refractivity (Wildman–Crippen MR) is 81.6 cm³/mol. The molecule has 122 valence electrons. The lowest BCUT2D eigenvalue weighted by molar-refractivity contribution is -0.139. The molecule has 1 aliphatic rings. The highest BCUT2D eigenvalue weighted by Crippen LogP contribution is 2.13. The molecule has 1 amide bonds. The molecule has 22 heavy (non-hydrogen) atoms. The highest BCUT2D eigenvalue weighted by Gasteiger charge is 2.23. The Morgan fingerprint density at radius 1 is 1.41 bits per heavy atom. The third-order valence-electron chi connectivity index (χ3n) is 4.22. The average Bonchev–Trinajstić information content (AvgIpc) is 2.67. The molecule has 0 unspecified atom stereocenters. The van der Waals surface area contributed by atoms with Crippen molar-refractivity contribution in [3.8, 4) is 0 Å². The van der Waals surface area contributed by atoms with E-state index in [1.54, 1.807) is 4.90 Å². The molecule has 2 rings (SSSR count). The Balaban J connectivity index is 1.90. The van der Waals surface area contributed by atoms with Crippen LogP contribution in [-0.4, -0.2) is 58.3 Å². The van der Waals surface area contributed by atoms with Crippen molar-refractivity contribution in [2.45, 2.75) is 33.1 Å². The first kappa shape index (κ1) is 16.5. The molecule has 0 radical (unpaired) electrons. The summed E-state index contributed by atoms with van der Waals surface area (Å²) in [6.07, 6.45) is 1.11. The number of aliphatic carboxylic acids is 1. The van der Waals surface area contributed by atoms with Crippen molar-refractivity contribution < 1.29 is 14.7 Å². The fourth-order valence-corrected chi connectivity index (χ4v) is 2.76. The van der Waals surface area contributed by atoms with Crippen LogP contribution in [0.3, 0.4) is 0 Å². The number of hydrogen-bond acceptors (Lipinski definition) is 4. The summed E-state index contributed by atoms with van der Waals surface area (Å²) in [7, 11) is 0. The topological polar surface area (TPSA) is 98.3 Å². The standard InChI is InChI=1S/C15H24N4O3/c1-10-11(2)17-18-13(10)3-4-14(20)19-6-5-16-8-12(9-19)7-15(21)22/h12,16H,3-9H2,1-2H3,(H,17,18)(H,21,22)/t12-/m0/s1. The van der Waals surface area contributed by atoms with Crippen molar-refractivity contribution in [2.24, 2.45) is 5.92 Å². The Hall–Kier alpha value is -1.89. The van der Waals surface area contributed by atoms with Crippen LogP contribution in [0.15, 0.2) is 0 Å². The molecule has 1 saturated heterocycles. The maximum atomic E-state index is 12.4. The minimum absolute atomic E-state index is 0.0293. The van der Waals surface area contributed by atoms with Crippen molar-refractivity contribution in [1.29, 1.82) is 0 Å². The van der Waals surface area contributed by atoms with Crippen LogP contribution in [-0.2, 0) is 16.0 Å². The predicted octanol–water partition coefficient (Wildman–Crippen LogP) is 0.482. The molecule has 2 heterocycles. The number of carboxylic acid groups (broad SMARTS) is 1. The molecule has 1 aromatic rings. The van der Waals surface area contributed by atoms with Gasteiger partial charge < -0.3 is 15.3 Å². The summed E-state index contributed by atoms with van der Waals surface area (Å²) in [6, 6.07) is 0. The number of rotatable bonds is 5. The van der Waals surface area contributed by atoms with E-state index in [1.165, 1.54) is 0 Å². The zero-order valence-corrected chi connectivity index (χ0v) is 13.2. The van der Waals surface area contributed by atoms with Gasteiger partial charge in [-0.15, -0.1) is 0 Å². The van der Waals surface area contributed by atoms with Crippen molar-refractivity contribution in [1.82, 2.24) is 20.4 Å². The van der Waals surface area contributed by atoms with Gasteiger partial charge in [0.25, 0.3) is 0 Å². The van der Waals surface area contributed by atoms with E-state index in [9.17, 15) is 9.59 Å². The highest BCUT2D eigenvalue weighted by molar-refractivity contribution is 5.76. The van der Waals surface area contributed by atoms with E-state index in [0.717, 1.165) is 17.0 Å². The third-order valence-corrected chi connectivity index (χ3v) is 4.22. The van der Waals surface area contributed by atoms with Crippen LogP contribution in [0, 0.1) is 19.8 Å². The van der Waals surface area contributed by atoms with Crippen LogP contribution in [0.5, 0.6) is 0 Å². The van der Waals surface area contributed by atoms with E-state index < -0.39 is 5.97 Å². The molecule has 7 nitrogen and oxygen atoms in total. The lowest BCUT2D eigenvalue weighted by atomic mass is 10.0. The van der Waals surface area contributed by atoms with Gasteiger partial charge >= 0.3 is 5.97 Å². The molecule has 7 heteroatoms. The first-order valence-corrected chi connectivity index (χ1v) is 7.68. The summed E-state index contributed by atoms with van der Waals surface area (Å²) in [5.41, 5.74) is 3.07. The molecule has 1 atom stereocenters. The summed E-state index contributed by atoms with van der Waals surface area (Å²) < 4.78 is 0.